The third kappa shape index (κ3) is 5.67. The lowest BCUT2D eigenvalue weighted by Gasteiger charge is -2.24. The maximum atomic E-state index is 13.3. The summed E-state index contributed by atoms with van der Waals surface area (Å²) < 4.78 is 28.8. The molecule has 0 saturated carbocycles. The number of hydrogen-bond acceptors (Lipinski definition) is 4. The number of benzene rings is 3. The maximum absolute atomic E-state index is 13.3. The molecule has 6 nitrogen and oxygen atoms in total. The van der Waals surface area contributed by atoms with Gasteiger partial charge in [0.05, 0.1) is 10.6 Å². The van der Waals surface area contributed by atoms with Crippen molar-refractivity contribution in [3.63, 3.8) is 0 Å². The number of fused-ring (bicyclic) bond motifs is 1. The topological polar surface area (TPSA) is 69.7 Å². The van der Waals surface area contributed by atoms with E-state index in [-0.39, 0.29) is 17.3 Å². The molecule has 4 rings (SSSR count). The van der Waals surface area contributed by atoms with Crippen LogP contribution in [0.4, 0.5) is 11.4 Å². The molecule has 0 fully saturated rings. The van der Waals surface area contributed by atoms with E-state index in [9.17, 15) is 13.2 Å². The number of anilines is 2. The molecular weight excluding hydrogens is 549 g/mol. The van der Waals surface area contributed by atoms with Crippen LogP contribution < -0.4 is 14.5 Å². The molecule has 0 spiro atoms. The van der Waals surface area contributed by atoms with Crippen molar-refractivity contribution in [1.29, 1.82) is 0 Å². The fraction of sp³-hybridized carbons (Fsp3) is 0.240. The molecule has 3 aromatic rings. The van der Waals surface area contributed by atoms with Gasteiger partial charge in [0.15, 0.2) is 0 Å². The van der Waals surface area contributed by atoms with E-state index in [1.54, 1.807) is 42.5 Å². The van der Waals surface area contributed by atoms with E-state index in [1.807, 2.05) is 18.2 Å². The number of para-hydroxylation sites is 1. The number of halogens is 1. The zero-order valence-corrected chi connectivity index (χ0v) is 21.1. The second-order valence-corrected chi connectivity index (χ2v) is 11.0. The molecule has 172 valence electrons. The van der Waals surface area contributed by atoms with Crippen LogP contribution in [0.3, 0.4) is 0 Å². The highest BCUT2D eigenvalue weighted by Gasteiger charge is 2.27. The lowest BCUT2D eigenvalue weighted by atomic mass is 10.2. The van der Waals surface area contributed by atoms with Gasteiger partial charge in [-0.3, -0.25) is 9.10 Å². The maximum Gasteiger partial charge on any atom is 0.264 e. The number of nitrogens with zero attached hydrogens (tertiary/aromatic N) is 2. The van der Waals surface area contributed by atoms with Crippen LogP contribution >= 0.6 is 22.6 Å². The minimum Gasteiger partial charge on any atom is -0.371 e. The highest BCUT2D eigenvalue weighted by molar-refractivity contribution is 14.1. The van der Waals surface area contributed by atoms with E-state index in [2.05, 4.69) is 51.0 Å². The molecule has 0 atom stereocenters. The van der Waals surface area contributed by atoms with Gasteiger partial charge in [-0.25, -0.2) is 8.42 Å². The Labute approximate surface area is 208 Å². The summed E-state index contributed by atoms with van der Waals surface area (Å²) in [7, 11) is -3.88. The number of rotatable bonds is 9. The Morgan fingerprint density at radius 2 is 1.67 bits per heavy atom. The summed E-state index contributed by atoms with van der Waals surface area (Å²) in [4.78, 5) is 15.2. The Morgan fingerprint density at radius 3 is 2.42 bits per heavy atom. The second kappa shape index (κ2) is 10.6. The first-order chi connectivity index (χ1) is 15.9. The summed E-state index contributed by atoms with van der Waals surface area (Å²) in [6.45, 7) is 2.05. The molecule has 0 aliphatic carbocycles. The molecule has 1 amide bonds. The number of amides is 1. The van der Waals surface area contributed by atoms with Crippen LogP contribution in [0.15, 0.2) is 83.8 Å². The Balaban J connectivity index is 1.39. The van der Waals surface area contributed by atoms with E-state index < -0.39 is 10.0 Å². The van der Waals surface area contributed by atoms with Gasteiger partial charge in [0.2, 0.25) is 5.91 Å². The van der Waals surface area contributed by atoms with Crippen LogP contribution in [0.2, 0.25) is 0 Å². The Morgan fingerprint density at radius 1 is 0.970 bits per heavy atom. The largest absolute Gasteiger partial charge is 0.371 e. The van der Waals surface area contributed by atoms with E-state index in [0.29, 0.717) is 12.2 Å². The summed E-state index contributed by atoms with van der Waals surface area (Å²) >= 11 is 2.17. The fourth-order valence-electron chi connectivity index (χ4n) is 3.97. The van der Waals surface area contributed by atoms with Gasteiger partial charge >= 0.3 is 0 Å². The molecule has 0 radical (unpaired) electrons. The molecule has 1 N–H and O–H groups in total. The Kier molecular flexibility index (Phi) is 7.54. The molecule has 3 aromatic carbocycles. The van der Waals surface area contributed by atoms with Gasteiger partial charge in [0.25, 0.3) is 10.0 Å². The van der Waals surface area contributed by atoms with Crippen molar-refractivity contribution in [2.24, 2.45) is 0 Å². The van der Waals surface area contributed by atoms with Gasteiger partial charge in [-0.15, -0.1) is 0 Å². The SMILES string of the molecule is O=C(CN(c1ccc(I)cc1)S(=O)(=O)c1ccccc1)NCCCN1CCc2ccccc21. The van der Waals surface area contributed by atoms with Gasteiger partial charge in [-0.2, -0.15) is 0 Å². The lowest BCUT2D eigenvalue weighted by molar-refractivity contribution is -0.119. The third-order valence-electron chi connectivity index (χ3n) is 5.64. The summed E-state index contributed by atoms with van der Waals surface area (Å²) in [6, 6.07) is 23.7. The molecule has 1 aliphatic heterocycles. The number of nitrogens with one attached hydrogen (secondary N) is 1. The normalized spacial score (nSPS) is 12.9. The first-order valence-electron chi connectivity index (χ1n) is 10.9. The highest BCUT2D eigenvalue weighted by atomic mass is 127. The van der Waals surface area contributed by atoms with Gasteiger partial charge in [0.1, 0.15) is 6.54 Å². The quantitative estimate of drug-likeness (QED) is 0.309. The van der Waals surface area contributed by atoms with Gasteiger partial charge in [-0.1, -0.05) is 36.4 Å². The molecule has 1 heterocycles. The lowest BCUT2D eigenvalue weighted by Crippen LogP contribution is -2.41. The first-order valence-corrected chi connectivity index (χ1v) is 13.4. The minimum absolute atomic E-state index is 0.157. The van der Waals surface area contributed by atoms with Crippen LogP contribution in [-0.2, 0) is 21.2 Å². The second-order valence-electron chi connectivity index (χ2n) is 7.87. The van der Waals surface area contributed by atoms with Crippen molar-refractivity contribution >= 4 is 49.9 Å². The summed E-state index contributed by atoms with van der Waals surface area (Å²) in [6.07, 6.45) is 1.83. The van der Waals surface area contributed by atoms with Gasteiger partial charge in [0, 0.05) is 28.9 Å². The average molecular weight is 575 g/mol. The molecule has 33 heavy (non-hydrogen) atoms. The van der Waals surface area contributed by atoms with Crippen molar-refractivity contribution in [1.82, 2.24) is 5.32 Å². The van der Waals surface area contributed by atoms with E-state index in [0.717, 1.165) is 29.5 Å². The van der Waals surface area contributed by atoms with Crippen LogP contribution in [0.25, 0.3) is 0 Å². The molecule has 0 unspecified atom stereocenters. The Hall–Kier alpha value is -2.59. The standard InChI is InChI=1S/C25H26IN3O3S/c26-21-11-13-22(14-12-21)29(33(31,32)23-8-2-1-3-9-23)19-25(30)27-16-6-17-28-18-15-20-7-4-5-10-24(20)28/h1-5,7-14H,6,15-19H2,(H,27,30). The zero-order valence-electron chi connectivity index (χ0n) is 18.2. The molecule has 8 heteroatoms. The van der Waals surface area contributed by atoms with E-state index in [1.165, 1.54) is 15.6 Å². The van der Waals surface area contributed by atoms with Crippen molar-refractivity contribution in [2.75, 3.05) is 35.4 Å². The van der Waals surface area contributed by atoms with Crippen molar-refractivity contribution in [2.45, 2.75) is 17.7 Å². The summed E-state index contributed by atoms with van der Waals surface area (Å²) in [5, 5.41) is 2.89. The van der Waals surface area contributed by atoms with Crippen LogP contribution in [0, 0.1) is 3.57 Å². The summed E-state index contributed by atoms with van der Waals surface area (Å²) in [5.74, 6) is -0.324. The van der Waals surface area contributed by atoms with Crippen molar-refractivity contribution in [3.05, 3.63) is 88.0 Å². The summed E-state index contributed by atoms with van der Waals surface area (Å²) in [5.41, 5.74) is 3.09. The predicted octanol–water partition coefficient (Wildman–Crippen LogP) is 4.06. The van der Waals surface area contributed by atoms with Crippen LogP contribution in [-0.4, -0.2) is 40.5 Å². The molecule has 0 bridgehead atoms. The van der Waals surface area contributed by atoms with Gasteiger partial charge in [-0.05, 0) is 83.5 Å². The fourth-order valence-corrected chi connectivity index (χ4v) is 5.77. The average Bonchev–Trinajstić information content (AvgIpc) is 3.24. The third-order valence-corrected chi connectivity index (χ3v) is 8.15. The number of carbonyl (C=O) groups is 1. The van der Waals surface area contributed by atoms with Crippen molar-refractivity contribution < 1.29 is 13.2 Å². The molecule has 0 saturated heterocycles. The van der Waals surface area contributed by atoms with Crippen LogP contribution in [0.1, 0.15) is 12.0 Å². The number of carbonyl (C=O) groups excluding carboxylic acids is 1. The number of hydrogen-bond donors (Lipinski definition) is 1. The first kappa shape index (κ1) is 23.6. The Bertz CT molecular complexity index is 1200. The molecule has 1 aliphatic rings. The smallest absolute Gasteiger partial charge is 0.264 e. The van der Waals surface area contributed by atoms with E-state index >= 15 is 0 Å². The molecule has 0 aromatic heterocycles. The number of sulfonamides is 1. The molecular formula is C25H26IN3O3S. The van der Waals surface area contributed by atoms with Crippen molar-refractivity contribution in [3.8, 4) is 0 Å². The minimum atomic E-state index is -3.88. The van der Waals surface area contributed by atoms with Crippen LogP contribution in [0.5, 0.6) is 0 Å². The monoisotopic (exact) mass is 575 g/mol. The van der Waals surface area contributed by atoms with E-state index in [4.69, 9.17) is 0 Å². The zero-order chi connectivity index (χ0) is 23.3. The van der Waals surface area contributed by atoms with Gasteiger partial charge < -0.3 is 10.2 Å². The predicted molar refractivity (Wildman–Crippen MR) is 140 cm³/mol. The highest BCUT2D eigenvalue weighted by Crippen LogP contribution is 2.27.